The largest absolute Gasteiger partial charge is 0.357 e. The normalized spacial score (nSPS) is 10.2. The van der Waals surface area contributed by atoms with Crippen molar-refractivity contribution in [1.29, 1.82) is 0 Å². The third-order valence-electron chi connectivity index (χ3n) is 2.03. The van der Waals surface area contributed by atoms with Gasteiger partial charge in [-0.05, 0) is 23.7 Å². The van der Waals surface area contributed by atoms with Gasteiger partial charge in [0.05, 0.1) is 10.7 Å². The molecule has 0 saturated heterocycles. The molecule has 0 spiro atoms. The van der Waals surface area contributed by atoms with Crippen LogP contribution in [0.4, 0.5) is 22.0 Å². The van der Waals surface area contributed by atoms with Gasteiger partial charge in [-0.3, -0.25) is 0 Å². The van der Waals surface area contributed by atoms with Crippen molar-refractivity contribution in [3.8, 4) is 0 Å². The monoisotopic (exact) mass is 287 g/mol. The van der Waals surface area contributed by atoms with Crippen molar-refractivity contribution in [3.05, 3.63) is 34.3 Å². The average Bonchev–Trinajstić information content (AvgIpc) is 2.33. The lowest BCUT2D eigenvalue weighted by molar-refractivity contribution is 0.631. The van der Waals surface area contributed by atoms with E-state index < -0.39 is 5.82 Å². The highest BCUT2D eigenvalue weighted by molar-refractivity contribution is 6.33. The summed E-state index contributed by atoms with van der Waals surface area (Å²) in [4.78, 5) is 11.6. The molecule has 8 heteroatoms. The molecule has 0 radical (unpaired) electrons. The van der Waals surface area contributed by atoms with Gasteiger partial charge in [0.2, 0.25) is 17.2 Å². The lowest BCUT2D eigenvalue weighted by Crippen LogP contribution is -2.04. The zero-order valence-electron chi connectivity index (χ0n) is 9.21. The number of nitrogens with zero attached hydrogens (tertiary/aromatic N) is 3. The number of anilines is 3. The smallest absolute Gasteiger partial charge is 0.233 e. The zero-order valence-corrected chi connectivity index (χ0v) is 10.7. The number of para-hydroxylation sites is 1. The summed E-state index contributed by atoms with van der Waals surface area (Å²) in [5, 5.41) is 5.58. The van der Waals surface area contributed by atoms with Crippen LogP contribution in [0.3, 0.4) is 0 Å². The summed E-state index contributed by atoms with van der Waals surface area (Å²) in [7, 11) is 1.63. The molecule has 1 aromatic carbocycles. The molecule has 1 heterocycles. The fourth-order valence-corrected chi connectivity index (χ4v) is 1.62. The molecule has 0 aliphatic heterocycles. The lowest BCUT2D eigenvalue weighted by Gasteiger charge is -2.08. The Morgan fingerprint density at radius 2 is 1.83 bits per heavy atom. The molecule has 94 valence electrons. The van der Waals surface area contributed by atoms with Gasteiger partial charge in [-0.2, -0.15) is 15.0 Å². The first-order chi connectivity index (χ1) is 8.60. The van der Waals surface area contributed by atoms with Crippen molar-refractivity contribution in [2.24, 2.45) is 0 Å². The number of halogens is 3. The van der Waals surface area contributed by atoms with Gasteiger partial charge in [-0.15, -0.1) is 0 Å². The molecule has 0 aliphatic rings. The van der Waals surface area contributed by atoms with E-state index in [0.29, 0.717) is 0 Å². The van der Waals surface area contributed by atoms with Crippen LogP contribution >= 0.6 is 23.2 Å². The van der Waals surface area contributed by atoms with Gasteiger partial charge in [-0.25, -0.2) is 4.39 Å². The Bertz CT molecular complexity index is 558. The van der Waals surface area contributed by atoms with Crippen molar-refractivity contribution in [3.63, 3.8) is 0 Å². The molecule has 0 amide bonds. The van der Waals surface area contributed by atoms with Gasteiger partial charge in [0.15, 0.2) is 0 Å². The third kappa shape index (κ3) is 2.77. The Hall–Kier alpha value is -1.66. The molecule has 18 heavy (non-hydrogen) atoms. The second-order valence-electron chi connectivity index (χ2n) is 3.22. The van der Waals surface area contributed by atoms with E-state index in [1.807, 2.05) is 0 Å². The van der Waals surface area contributed by atoms with Gasteiger partial charge < -0.3 is 10.6 Å². The molecule has 0 saturated carbocycles. The SMILES string of the molecule is CNc1nc(Cl)nc(Nc2c(F)cccc2Cl)n1. The van der Waals surface area contributed by atoms with E-state index >= 15 is 0 Å². The molecule has 0 unspecified atom stereocenters. The van der Waals surface area contributed by atoms with Crippen LogP contribution in [0.2, 0.25) is 10.3 Å². The summed E-state index contributed by atoms with van der Waals surface area (Å²) < 4.78 is 13.6. The summed E-state index contributed by atoms with van der Waals surface area (Å²) in [5.74, 6) is -0.138. The van der Waals surface area contributed by atoms with E-state index in [9.17, 15) is 4.39 Å². The van der Waals surface area contributed by atoms with Crippen LogP contribution in [0.25, 0.3) is 0 Å². The summed E-state index contributed by atoms with van der Waals surface area (Å²) >= 11 is 11.6. The minimum atomic E-state index is -0.509. The maximum atomic E-state index is 13.6. The first-order valence-electron chi connectivity index (χ1n) is 4.90. The highest BCUT2D eigenvalue weighted by Gasteiger charge is 2.10. The second-order valence-corrected chi connectivity index (χ2v) is 3.97. The number of hydrogen-bond acceptors (Lipinski definition) is 5. The quantitative estimate of drug-likeness (QED) is 0.908. The fourth-order valence-electron chi connectivity index (χ4n) is 1.25. The molecule has 0 bridgehead atoms. The van der Waals surface area contributed by atoms with Crippen LogP contribution in [0.15, 0.2) is 18.2 Å². The topological polar surface area (TPSA) is 62.7 Å². The van der Waals surface area contributed by atoms with E-state index in [-0.39, 0.29) is 27.9 Å². The third-order valence-corrected chi connectivity index (χ3v) is 2.52. The molecular formula is C10H8Cl2FN5. The van der Waals surface area contributed by atoms with Gasteiger partial charge >= 0.3 is 0 Å². The molecule has 0 atom stereocenters. The Morgan fingerprint density at radius 3 is 2.50 bits per heavy atom. The molecule has 2 aromatic rings. The highest BCUT2D eigenvalue weighted by atomic mass is 35.5. The van der Waals surface area contributed by atoms with Gasteiger partial charge in [-0.1, -0.05) is 17.7 Å². The van der Waals surface area contributed by atoms with Crippen molar-refractivity contribution < 1.29 is 4.39 Å². The summed E-state index contributed by atoms with van der Waals surface area (Å²) in [6.45, 7) is 0. The Morgan fingerprint density at radius 1 is 1.11 bits per heavy atom. The van der Waals surface area contributed by atoms with Gasteiger partial charge in [0.25, 0.3) is 0 Å². The van der Waals surface area contributed by atoms with E-state index in [4.69, 9.17) is 23.2 Å². The maximum absolute atomic E-state index is 13.6. The fraction of sp³-hybridized carbons (Fsp3) is 0.100. The van der Waals surface area contributed by atoms with E-state index in [1.165, 1.54) is 12.1 Å². The lowest BCUT2D eigenvalue weighted by atomic mass is 10.3. The van der Waals surface area contributed by atoms with Crippen molar-refractivity contribution in [1.82, 2.24) is 15.0 Å². The van der Waals surface area contributed by atoms with Crippen LogP contribution in [-0.4, -0.2) is 22.0 Å². The van der Waals surface area contributed by atoms with Crippen LogP contribution in [0, 0.1) is 5.82 Å². The number of nitrogens with one attached hydrogen (secondary N) is 2. The Balaban J connectivity index is 2.37. The number of benzene rings is 1. The highest BCUT2D eigenvalue weighted by Crippen LogP contribution is 2.27. The first kappa shape index (κ1) is 12.8. The first-order valence-corrected chi connectivity index (χ1v) is 5.66. The number of hydrogen-bond donors (Lipinski definition) is 2. The molecular weight excluding hydrogens is 280 g/mol. The van der Waals surface area contributed by atoms with E-state index in [1.54, 1.807) is 13.1 Å². The molecule has 0 fully saturated rings. The predicted molar refractivity (Wildman–Crippen MR) is 69.1 cm³/mol. The van der Waals surface area contributed by atoms with Crippen LogP contribution in [0.5, 0.6) is 0 Å². The van der Waals surface area contributed by atoms with Crippen LogP contribution in [-0.2, 0) is 0 Å². The maximum Gasteiger partial charge on any atom is 0.233 e. The predicted octanol–water partition coefficient (Wildman–Crippen LogP) is 3.10. The van der Waals surface area contributed by atoms with Crippen LogP contribution < -0.4 is 10.6 Å². The summed E-state index contributed by atoms with van der Waals surface area (Å²) in [5.41, 5.74) is 0.0866. The van der Waals surface area contributed by atoms with Crippen molar-refractivity contribution in [2.45, 2.75) is 0 Å². The molecule has 2 rings (SSSR count). The summed E-state index contributed by atoms with van der Waals surface area (Å²) in [6.07, 6.45) is 0. The van der Waals surface area contributed by atoms with Crippen molar-refractivity contribution >= 4 is 40.8 Å². The number of aromatic nitrogens is 3. The Kier molecular flexibility index (Phi) is 3.78. The molecule has 1 aromatic heterocycles. The molecule has 0 aliphatic carbocycles. The number of rotatable bonds is 3. The standard InChI is InChI=1S/C10H8Cl2FN5/c1-14-9-16-8(12)17-10(18-9)15-7-5(11)3-2-4-6(7)13/h2-4H,1H3,(H2,14,15,16,17,18). The zero-order chi connectivity index (χ0) is 13.1. The van der Waals surface area contributed by atoms with E-state index in [0.717, 1.165) is 0 Å². The molecule has 2 N–H and O–H groups in total. The van der Waals surface area contributed by atoms with Crippen molar-refractivity contribution in [2.75, 3.05) is 17.7 Å². The van der Waals surface area contributed by atoms with Gasteiger partial charge in [0.1, 0.15) is 5.82 Å². The minimum Gasteiger partial charge on any atom is -0.357 e. The molecule has 5 nitrogen and oxygen atoms in total. The Labute approximate surface area is 112 Å². The second kappa shape index (κ2) is 5.32. The van der Waals surface area contributed by atoms with Gasteiger partial charge in [0, 0.05) is 7.05 Å². The van der Waals surface area contributed by atoms with Crippen LogP contribution in [0.1, 0.15) is 0 Å². The minimum absolute atomic E-state index is 0.00990. The average molecular weight is 288 g/mol. The summed E-state index contributed by atoms with van der Waals surface area (Å²) in [6, 6.07) is 4.33. The van der Waals surface area contributed by atoms with E-state index in [2.05, 4.69) is 25.6 Å².